The molecule has 1 atom stereocenters. The molecule has 7 nitrogen and oxygen atoms in total. The molecular formula is C23H33N3O4S. The van der Waals surface area contributed by atoms with Gasteiger partial charge in [0.2, 0.25) is 10.0 Å². The molecule has 0 saturated heterocycles. The molecule has 1 aromatic heterocycles. The number of carbonyl (C=O) groups excluding carboxylic acids is 1. The van der Waals surface area contributed by atoms with Crippen LogP contribution in [0.15, 0.2) is 47.6 Å². The number of hydrogen-bond donors (Lipinski definition) is 1. The number of anilines is 1. The van der Waals surface area contributed by atoms with Gasteiger partial charge in [0, 0.05) is 31.7 Å². The molecule has 0 unspecified atom stereocenters. The first kappa shape index (κ1) is 24.8. The number of nitrogens with zero attached hydrogens (tertiary/aromatic N) is 2. The summed E-state index contributed by atoms with van der Waals surface area (Å²) in [6.07, 6.45) is 4.65. The number of hydrogen-bond acceptors (Lipinski definition) is 6. The van der Waals surface area contributed by atoms with Crippen LogP contribution in [0.2, 0.25) is 0 Å². The highest BCUT2D eigenvalue weighted by atomic mass is 32.2. The fourth-order valence-corrected chi connectivity index (χ4v) is 4.50. The summed E-state index contributed by atoms with van der Waals surface area (Å²) < 4.78 is 32.6. The van der Waals surface area contributed by atoms with Gasteiger partial charge < -0.3 is 10.1 Å². The van der Waals surface area contributed by atoms with Gasteiger partial charge in [-0.15, -0.1) is 0 Å². The molecule has 1 N–H and O–H groups in total. The number of likely N-dealkylation sites (N-methyl/N-ethyl adjacent to an activating group) is 1. The van der Waals surface area contributed by atoms with E-state index >= 15 is 0 Å². The lowest BCUT2D eigenvalue weighted by Crippen LogP contribution is -2.43. The molecule has 0 aliphatic heterocycles. The maximum atomic E-state index is 13.2. The Labute approximate surface area is 185 Å². The number of sulfonamides is 1. The fourth-order valence-electron chi connectivity index (χ4n) is 3.16. The number of aromatic nitrogens is 1. The zero-order chi connectivity index (χ0) is 23.0. The normalized spacial score (nSPS) is 12.7. The quantitative estimate of drug-likeness (QED) is 0.524. The zero-order valence-electron chi connectivity index (χ0n) is 19.0. The summed E-state index contributed by atoms with van der Waals surface area (Å²) in [5.41, 5.74) is 2.96. The van der Waals surface area contributed by atoms with Gasteiger partial charge in [-0.3, -0.25) is 9.78 Å². The number of benzene rings is 1. The summed E-state index contributed by atoms with van der Waals surface area (Å²) in [7, 11) is -2.39. The lowest BCUT2D eigenvalue weighted by atomic mass is 10.0. The highest BCUT2D eigenvalue weighted by Gasteiger charge is 2.33. The number of aryl methyl sites for hydroxylation is 1. The summed E-state index contributed by atoms with van der Waals surface area (Å²) in [4.78, 5) is 16.7. The predicted octanol–water partition coefficient (Wildman–Crippen LogP) is 3.99. The molecule has 0 radical (unpaired) electrons. The first-order chi connectivity index (χ1) is 14.7. The summed E-state index contributed by atoms with van der Waals surface area (Å²) in [6.45, 7) is 8.53. The first-order valence-electron chi connectivity index (χ1n) is 10.5. The second kappa shape index (κ2) is 11.2. The fraction of sp³-hybridized carbons (Fsp3) is 0.478. The van der Waals surface area contributed by atoms with Crippen LogP contribution in [-0.4, -0.2) is 43.4 Å². The van der Waals surface area contributed by atoms with E-state index in [-0.39, 0.29) is 11.5 Å². The van der Waals surface area contributed by atoms with Gasteiger partial charge >= 0.3 is 5.97 Å². The van der Waals surface area contributed by atoms with Gasteiger partial charge in [-0.2, -0.15) is 4.31 Å². The SMILES string of the molecule is CCOC(=O)[C@@H](CCC(C)C)N(C)S(=O)(=O)c1ccc(CNc2ccncc2C)cc1. The number of ether oxygens (including phenoxy) is 1. The molecular weight excluding hydrogens is 414 g/mol. The number of nitrogens with one attached hydrogen (secondary N) is 1. The van der Waals surface area contributed by atoms with Gasteiger partial charge in [0.05, 0.1) is 11.5 Å². The summed E-state index contributed by atoms with van der Waals surface area (Å²) in [6, 6.07) is 7.76. The smallest absolute Gasteiger partial charge is 0.324 e. The zero-order valence-corrected chi connectivity index (χ0v) is 19.8. The molecule has 8 heteroatoms. The Balaban J connectivity index is 2.14. The third-order valence-corrected chi connectivity index (χ3v) is 7.00. The van der Waals surface area contributed by atoms with Gasteiger partial charge in [0.1, 0.15) is 6.04 Å². The highest BCUT2D eigenvalue weighted by Crippen LogP contribution is 2.22. The van der Waals surface area contributed by atoms with E-state index in [1.807, 2.05) is 26.8 Å². The lowest BCUT2D eigenvalue weighted by Gasteiger charge is -2.26. The van der Waals surface area contributed by atoms with Crippen LogP contribution in [0.25, 0.3) is 0 Å². The van der Waals surface area contributed by atoms with Gasteiger partial charge in [0.25, 0.3) is 0 Å². The van der Waals surface area contributed by atoms with Crippen LogP contribution in [0.1, 0.15) is 44.7 Å². The van der Waals surface area contributed by atoms with Crippen molar-refractivity contribution in [1.82, 2.24) is 9.29 Å². The molecule has 2 rings (SSSR count). The molecule has 0 aliphatic rings. The summed E-state index contributed by atoms with van der Waals surface area (Å²) >= 11 is 0. The summed E-state index contributed by atoms with van der Waals surface area (Å²) in [5, 5.41) is 3.32. The first-order valence-corrected chi connectivity index (χ1v) is 12.0. The molecule has 0 amide bonds. The monoisotopic (exact) mass is 447 g/mol. The van der Waals surface area contributed by atoms with Gasteiger partial charge in [-0.1, -0.05) is 26.0 Å². The third-order valence-electron chi connectivity index (χ3n) is 5.12. The maximum Gasteiger partial charge on any atom is 0.324 e. The van der Waals surface area contributed by atoms with Crippen LogP contribution in [0, 0.1) is 12.8 Å². The Kier molecular flexibility index (Phi) is 9.00. The van der Waals surface area contributed by atoms with Crippen LogP contribution >= 0.6 is 0 Å². The molecule has 31 heavy (non-hydrogen) atoms. The van der Waals surface area contributed by atoms with Crippen molar-refractivity contribution in [3.63, 3.8) is 0 Å². The van der Waals surface area contributed by atoms with Gasteiger partial charge in [-0.05, 0) is 61.9 Å². The predicted molar refractivity (Wildman–Crippen MR) is 122 cm³/mol. The largest absolute Gasteiger partial charge is 0.465 e. The Morgan fingerprint density at radius 2 is 1.84 bits per heavy atom. The standard InChI is InChI=1S/C23H33N3O4S/c1-6-30-23(27)22(12-7-17(2)3)26(5)31(28,29)20-10-8-19(9-11-20)16-25-21-13-14-24-15-18(21)4/h8-11,13-15,17,22H,6-7,12,16H2,1-5H3,(H,24,25)/t22-/m1/s1. The van der Waals surface area contributed by atoms with E-state index in [1.165, 1.54) is 7.05 Å². The van der Waals surface area contributed by atoms with E-state index in [2.05, 4.69) is 10.3 Å². The van der Waals surface area contributed by atoms with E-state index < -0.39 is 22.0 Å². The molecule has 1 heterocycles. The molecule has 0 spiro atoms. The van der Waals surface area contributed by atoms with Crippen LogP contribution in [0.5, 0.6) is 0 Å². The minimum atomic E-state index is -3.84. The van der Waals surface area contributed by atoms with Gasteiger partial charge in [-0.25, -0.2) is 8.42 Å². The second-order valence-corrected chi connectivity index (χ2v) is 9.95. The van der Waals surface area contributed by atoms with Crippen LogP contribution in [0.3, 0.4) is 0 Å². The van der Waals surface area contributed by atoms with Crippen molar-refractivity contribution in [2.24, 2.45) is 5.92 Å². The Hall–Kier alpha value is -2.45. The van der Waals surface area contributed by atoms with E-state index in [0.717, 1.165) is 27.5 Å². The second-order valence-electron chi connectivity index (χ2n) is 7.95. The van der Waals surface area contributed by atoms with Crippen molar-refractivity contribution in [3.8, 4) is 0 Å². The van der Waals surface area contributed by atoms with Crippen molar-refractivity contribution < 1.29 is 17.9 Å². The number of esters is 1. The van der Waals surface area contributed by atoms with Gasteiger partial charge in [0.15, 0.2) is 0 Å². The maximum absolute atomic E-state index is 13.2. The minimum Gasteiger partial charge on any atom is -0.465 e. The molecule has 0 aliphatic carbocycles. The third kappa shape index (κ3) is 6.77. The van der Waals surface area contributed by atoms with Crippen LogP contribution in [0.4, 0.5) is 5.69 Å². The summed E-state index contributed by atoms with van der Waals surface area (Å²) in [5.74, 6) is -0.161. The molecule has 0 bridgehead atoms. The minimum absolute atomic E-state index is 0.151. The van der Waals surface area contributed by atoms with E-state index in [9.17, 15) is 13.2 Å². The Bertz CT molecular complexity index is 959. The Morgan fingerprint density at radius 3 is 2.42 bits per heavy atom. The molecule has 0 fully saturated rings. The average molecular weight is 448 g/mol. The average Bonchev–Trinajstić information content (AvgIpc) is 2.73. The van der Waals surface area contributed by atoms with Crippen molar-refractivity contribution in [1.29, 1.82) is 0 Å². The Morgan fingerprint density at radius 1 is 1.16 bits per heavy atom. The van der Waals surface area contributed by atoms with Crippen molar-refractivity contribution in [2.45, 2.75) is 58.0 Å². The van der Waals surface area contributed by atoms with Crippen LogP contribution in [-0.2, 0) is 26.1 Å². The lowest BCUT2D eigenvalue weighted by molar-refractivity contribution is -0.147. The van der Waals surface area contributed by atoms with Crippen molar-refractivity contribution >= 4 is 21.7 Å². The number of carbonyl (C=O) groups is 1. The van der Waals surface area contributed by atoms with Crippen molar-refractivity contribution in [2.75, 3.05) is 19.0 Å². The molecule has 2 aromatic rings. The number of pyridine rings is 1. The number of rotatable bonds is 11. The van der Waals surface area contributed by atoms with Crippen LogP contribution < -0.4 is 5.32 Å². The molecule has 170 valence electrons. The van der Waals surface area contributed by atoms with Crippen molar-refractivity contribution in [3.05, 3.63) is 53.9 Å². The molecule has 0 saturated carbocycles. The molecule has 1 aromatic carbocycles. The topological polar surface area (TPSA) is 88.6 Å². The highest BCUT2D eigenvalue weighted by molar-refractivity contribution is 7.89. The van der Waals surface area contributed by atoms with E-state index in [1.54, 1.807) is 43.6 Å². The van der Waals surface area contributed by atoms with E-state index in [4.69, 9.17) is 4.74 Å². The van der Waals surface area contributed by atoms with E-state index in [0.29, 0.717) is 18.9 Å².